The number of aryl methyl sites for hydroxylation is 1. The lowest BCUT2D eigenvalue weighted by atomic mass is 9.85. The highest BCUT2D eigenvalue weighted by molar-refractivity contribution is 6.30. The van der Waals surface area contributed by atoms with Gasteiger partial charge in [0.05, 0.1) is 11.2 Å². The molecule has 1 amide bonds. The van der Waals surface area contributed by atoms with Gasteiger partial charge in [0.25, 0.3) is 5.91 Å². The van der Waals surface area contributed by atoms with Gasteiger partial charge in [-0.05, 0) is 44.0 Å². The molecular weight excluding hydrogens is 350 g/mol. The number of hydrogen-bond donors (Lipinski definition) is 0. The first-order chi connectivity index (χ1) is 12.5. The first-order valence-corrected chi connectivity index (χ1v) is 9.47. The number of halogens is 1. The van der Waals surface area contributed by atoms with Gasteiger partial charge in [-0.25, -0.2) is 4.98 Å². The third-order valence-electron chi connectivity index (χ3n) is 5.13. The van der Waals surface area contributed by atoms with Crippen molar-refractivity contribution in [1.82, 2.24) is 24.6 Å². The van der Waals surface area contributed by atoms with E-state index in [1.165, 1.54) is 11.8 Å². The molecule has 1 aliphatic rings. The Balaban J connectivity index is 1.77. The molecule has 140 valence electrons. The number of carbonyl (C=O) groups excluding carboxylic acids is 1. The highest BCUT2D eigenvalue weighted by Gasteiger charge is 2.34. The van der Waals surface area contributed by atoms with E-state index < -0.39 is 0 Å². The Bertz CT molecular complexity index is 745. The summed E-state index contributed by atoms with van der Waals surface area (Å²) < 4.78 is 1.85. The van der Waals surface area contributed by atoms with Crippen LogP contribution in [0.5, 0.6) is 0 Å². The second kappa shape index (κ2) is 8.18. The van der Waals surface area contributed by atoms with E-state index in [1.54, 1.807) is 17.0 Å². The lowest BCUT2D eigenvalue weighted by Gasteiger charge is -2.42. The molecule has 0 N–H and O–H groups in total. The minimum Gasteiger partial charge on any atom is -0.340 e. The zero-order chi connectivity index (χ0) is 18.7. The van der Waals surface area contributed by atoms with E-state index in [0.29, 0.717) is 23.2 Å². The van der Waals surface area contributed by atoms with E-state index in [4.69, 9.17) is 11.6 Å². The fraction of sp³-hybridized carbons (Fsp3) is 0.526. The van der Waals surface area contributed by atoms with Crippen LogP contribution < -0.4 is 0 Å². The highest BCUT2D eigenvalue weighted by atomic mass is 35.5. The molecular formula is C19H26ClN5O. The number of carbonyl (C=O) groups is 1. The van der Waals surface area contributed by atoms with Crippen LogP contribution in [-0.2, 0) is 7.05 Å². The van der Waals surface area contributed by atoms with Crippen LogP contribution in [0.25, 0.3) is 0 Å². The summed E-state index contributed by atoms with van der Waals surface area (Å²) in [6.45, 7) is 4.97. The Labute approximate surface area is 159 Å². The average molecular weight is 376 g/mol. The van der Waals surface area contributed by atoms with Crippen LogP contribution in [0.2, 0.25) is 5.02 Å². The molecule has 26 heavy (non-hydrogen) atoms. The maximum Gasteiger partial charge on any atom is 0.272 e. The van der Waals surface area contributed by atoms with E-state index in [1.807, 2.05) is 25.0 Å². The molecule has 3 heterocycles. The predicted octanol–water partition coefficient (Wildman–Crippen LogP) is 3.01. The molecule has 0 radical (unpaired) electrons. The van der Waals surface area contributed by atoms with Gasteiger partial charge in [-0.15, -0.1) is 0 Å². The maximum atomic E-state index is 12.7. The average Bonchev–Trinajstić information content (AvgIpc) is 3.07. The summed E-state index contributed by atoms with van der Waals surface area (Å²) in [5.74, 6) is 0.300. The molecule has 0 saturated carbocycles. The minimum absolute atomic E-state index is 0.0692. The summed E-state index contributed by atoms with van der Waals surface area (Å²) in [6.07, 6.45) is 7.81. The normalized spacial score (nSPS) is 20.9. The van der Waals surface area contributed by atoms with Gasteiger partial charge in [-0.3, -0.25) is 14.4 Å². The number of hydrogen-bond acceptors (Lipinski definition) is 4. The molecule has 0 spiro atoms. The van der Waals surface area contributed by atoms with Gasteiger partial charge in [0.1, 0.15) is 5.69 Å². The molecule has 0 bridgehead atoms. The van der Waals surface area contributed by atoms with Crippen molar-refractivity contribution in [2.24, 2.45) is 13.0 Å². The van der Waals surface area contributed by atoms with Crippen LogP contribution in [0.3, 0.4) is 0 Å². The van der Waals surface area contributed by atoms with Gasteiger partial charge < -0.3 is 4.90 Å². The number of rotatable bonds is 5. The van der Waals surface area contributed by atoms with Crippen LogP contribution in [0.1, 0.15) is 41.9 Å². The summed E-state index contributed by atoms with van der Waals surface area (Å²) in [5, 5.41) is 4.89. The molecule has 1 saturated heterocycles. The zero-order valence-electron chi connectivity index (χ0n) is 15.6. The fourth-order valence-corrected chi connectivity index (χ4v) is 4.02. The third-order valence-corrected chi connectivity index (χ3v) is 5.36. The van der Waals surface area contributed by atoms with Crippen LogP contribution in [0, 0.1) is 5.92 Å². The highest BCUT2D eigenvalue weighted by Crippen LogP contribution is 2.36. The number of piperidine rings is 1. The molecule has 0 aromatic carbocycles. The quantitative estimate of drug-likeness (QED) is 0.806. The number of likely N-dealkylation sites (tertiary alicyclic amines) is 1. The Kier molecular flexibility index (Phi) is 5.94. The van der Waals surface area contributed by atoms with Crippen LogP contribution in [0.4, 0.5) is 0 Å². The molecule has 7 heteroatoms. The van der Waals surface area contributed by atoms with Gasteiger partial charge in [-0.2, -0.15) is 5.10 Å². The fourth-order valence-electron chi connectivity index (χ4n) is 3.91. The summed E-state index contributed by atoms with van der Waals surface area (Å²) >= 11 is 5.87. The molecule has 2 atom stereocenters. The second-order valence-electron chi connectivity index (χ2n) is 6.97. The summed E-state index contributed by atoms with van der Waals surface area (Å²) in [7, 11) is 3.79. The molecule has 1 aliphatic heterocycles. The van der Waals surface area contributed by atoms with Crippen molar-refractivity contribution in [2.75, 3.05) is 26.7 Å². The van der Waals surface area contributed by atoms with Crippen molar-refractivity contribution in [1.29, 1.82) is 0 Å². The smallest absolute Gasteiger partial charge is 0.272 e. The molecule has 0 unspecified atom stereocenters. The molecule has 1 fully saturated rings. The monoisotopic (exact) mass is 375 g/mol. The minimum atomic E-state index is -0.0692. The van der Waals surface area contributed by atoms with Crippen molar-refractivity contribution >= 4 is 17.5 Å². The Hall–Kier alpha value is -1.92. The first kappa shape index (κ1) is 18.9. The molecule has 2 aromatic rings. The number of nitrogens with zero attached hydrogens (tertiary/aromatic N) is 5. The largest absolute Gasteiger partial charge is 0.340 e. The Morgan fingerprint density at radius 3 is 2.81 bits per heavy atom. The SMILES string of the molecule is CCN1CCC[C@@H](CN(C)C(=O)c2ccc(Cl)cn2)[C@@H]1c1cnn(C)c1. The molecule has 3 rings (SSSR count). The van der Waals surface area contributed by atoms with Gasteiger partial charge in [0, 0.05) is 44.6 Å². The van der Waals surface area contributed by atoms with Gasteiger partial charge in [0.15, 0.2) is 0 Å². The van der Waals surface area contributed by atoms with E-state index in [-0.39, 0.29) is 11.9 Å². The Morgan fingerprint density at radius 2 is 2.19 bits per heavy atom. The number of aromatic nitrogens is 3. The van der Waals surface area contributed by atoms with E-state index in [2.05, 4.69) is 28.1 Å². The van der Waals surface area contributed by atoms with Crippen molar-refractivity contribution in [2.45, 2.75) is 25.8 Å². The van der Waals surface area contributed by atoms with Crippen LogP contribution in [0.15, 0.2) is 30.7 Å². The zero-order valence-corrected chi connectivity index (χ0v) is 16.4. The van der Waals surface area contributed by atoms with Gasteiger partial charge in [0.2, 0.25) is 0 Å². The van der Waals surface area contributed by atoms with Crippen molar-refractivity contribution in [3.05, 3.63) is 47.0 Å². The lowest BCUT2D eigenvalue weighted by Crippen LogP contribution is -2.44. The van der Waals surface area contributed by atoms with E-state index >= 15 is 0 Å². The van der Waals surface area contributed by atoms with E-state index in [0.717, 1.165) is 25.9 Å². The summed E-state index contributed by atoms with van der Waals surface area (Å²) in [5.41, 5.74) is 1.66. The standard InChI is InChI=1S/C19H26ClN5O/c1-4-25-9-5-6-14(18(25)15-10-22-24(3)13-15)12-23(2)19(26)17-8-7-16(20)11-21-17/h7-8,10-11,13-14,18H,4-6,9,12H2,1-3H3/t14-,18+/m0/s1. The summed E-state index contributed by atoms with van der Waals surface area (Å²) in [6, 6.07) is 3.67. The molecule has 6 nitrogen and oxygen atoms in total. The Morgan fingerprint density at radius 1 is 1.38 bits per heavy atom. The van der Waals surface area contributed by atoms with E-state index in [9.17, 15) is 4.79 Å². The second-order valence-corrected chi connectivity index (χ2v) is 7.41. The van der Waals surface area contributed by atoms with Crippen LogP contribution >= 0.6 is 11.6 Å². The predicted molar refractivity (Wildman–Crippen MR) is 102 cm³/mol. The van der Waals surface area contributed by atoms with Gasteiger partial charge >= 0.3 is 0 Å². The third kappa shape index (κ3) is 4.07. The number of amides is 1. The lowest BCUT2D eigenvalue weighted by molar-refractivity contribution is 0.0585. The van der Waals surface area contributed by atoms with Gasteiger partial charge in [-0.1, -0.05) is 18.5 Å². The number of pyridine rings is 1. The van der Waals surface area contributed by atoms with Crippen molar-refractivity contribution < 1.29 is 4.79 Å². The topological polar surface area (TPSA) is 54.3 Å². The van der Waals surface area contributed by atoms with Crippen molar-refractivity contribution in [3.63, 3.8) is 0 Å². The first-order valence-electron chi connectivity index (χ1n) is 9.09. The van der Waals surface area contributed by atoms with Crippen molar-refractivity contribution in [3.8, 4) is 0 Å². The van der Waals surface area contributed by atoms with Crippen LogP contribution in [-0.4, -0.2) is 57.2 Å². The molecule has 0 aliphatic carbocycles. The maximum absolute atomic E-state index is 12.7. The summed E-state index contributed by atoms with van der Waals surface area (Å²) in [4.78, 5) is 21.1. The molecule has 2 aromatic heterocycles.